The van der Waals surface area contributed by atoms with Crippen LogP contribution in [0.2, 0.25) is 0 Å². The molecule has 1 fully saturated rings. The minimum Gasteiger partial charge on any atom is -0.337 e. The maximum Gasteiger partial charge on any atom is 0.244 e. The predicted molar refractivity (Wildman–Crippen MR) is 75.3 cm³/mol. The minimum absolute atomic E-state index is 0.491. The molecule has 5 heteroatoms. The molecule has 1 aromatic heterocycles. The Kier molecular flexibility index (Phi) is 3.46. The molecule has 0 radical (unpaired) electrons. The molecule has 0 saturated carbocycles. The van der Waals surface area contributed by atoms with E-state index in [9.17, 15) is 0 Å². The highest BCUT2D eigenvalue weighted by Crippen LogP contribution is 2.12. The van der Waals surface area contributed by atoms with Crippen molar-refractivity contribution in [2.75, 3.05) is 24.5 Å². The number of benzene rings is 1. The summed E-state index contributed by atoms with van der Waals surface area (Å²) in [4.78, 5) is 6.82. The summed E-state index contributed by atoms with van der Waals surface area (Å²) in [7, 11) is 0. The highest BCUT2D eigenvalue weighted by Gasteiger charge is 2.19. The lowest BCUT2D eigenvalue weighted by atomic mass is 10.1. The number of nitrogens with zero attached hydrogens (tertiary/aromatic N) is 3. The van der Waals surface area contributed by atoms with Gasteiger partial charge in [-0.3, -0.25) is 5.10 Å². The summed E-state index contributed by atoms with van der Waals surface area (Å²) in [5.41, 5.74) is 1.25. The van der Waals surface area contributed by atoms with Crippen molar-refractivity contribution in [3.05, 3.63) is 41.7 Å². The number of piperazine rings is 1. The second-order valence-electron chi connectivity index (χ2n) is 5.05. The van der Waals surface area contributed by atoms with Crippen molar-refractivity contribution in [3.8, 4) is 0 Å². The van der Waals surface area contributed by atoms with Crippen LogP contribution in [0.25, 0.3) is 0 Å². The molecule has 2 heterocycles. The van der Waals surface area contributed by atoms with Crippen molar-refractivity contribution in [2.24, 2.45) is 0 Å². The quantitative estimate of drug-likeness (QED) is 0.867. The highest BCUT2D eigenvalue weighted by molar-refractivity contribution is 5.31. The SMILES string of the molecule is C[C@@H]1CN(c2n[nH]c(Cc3ccccc3)n2)CCN1. The molecule has 0 bridgehead atoms. The molecule has 1 saturated heterocycles. The molecule has 0 aliphatic carbocycles. The number of rotatable bonds is 3. The maximum absolute atomic E-state index is 4.60. The Balaban J connectivity index is 1.69. The van der Waals surface area contributed by atoms with E-state index in [1.54, 1.807) is 0 Å². The van der Waals surface area contributed by atoms with Gasteiger partial charge >= 0.3 is 0 Å². The first-order valence-electron chi connectivity index (χ1n) is 6.75. The largest absolute Gasteiger partial charge is 0.337 e. The van der Waals surface area contributed by atoms with Gasteiger partial charge in [-0.05, 0) is 12.5 Å². The van der Waals surface area contributed by atoms with Gasteiger partial charge < -0.3 is 10.2 Å². The average molecular weight is 257 g/mol. The molecule has 1 aliphatic rings. The zero-order chi connectivity index (χ0) is 13.1. The van der Waals surface area contributed by atoms with Crippen LogP contribution >= 0.6 is 0 Å². The van der Waals surface area contributed by atoms with Crippen molar-refractivity contribution in [1.82, 2.24) is 20.5 Å². The van der Waals surface area contributed by atoms with E-state index in [2.05, 4.69) is 44.5 Å². The summed E-state index contributed by atoms with van der Waals surface area (Å²) in [6.45, 7) is 5.10. The predicted octanol–water partition coefficient (Wildman–Crippen LogP) is 1.19. The second-order valence-corrected chi connectivity index (χ2v) is 5.05. The van der Waals surface area contributed by atoms with Gasteiger partial charge in [0, 0.05) is 32.1 Å². The first-order chi connectivity index (χ1) is 9.31. The van der Waals surface area contributed by atoms with E-state index >= 15 is 0 Å². The van der Waals surface area contributed by atoms with Crippen LogP contribution in [0.5, 0.6) is 0 Å². The Bertz CT molecular complexity index is 522. The molecule has 1 aliphatic heterocycles. The van der Waals surface area contributed by atoms with Gasteiger partial charge in [0.05, 0.1) is 0 Å². The summed E-state index contributed by atoms with van der Waals surface area (Å²) >= 11 is 0. The summed E-state index contributed by atoms with van der Waals surface area (Å²) in [6.07, 6.45) is 0.801. The van der Waals surface area contributed by atoms with E-state index in [0.29, 0.717) is 6.04 Å². The smallest absolute Gasteiger partial charge is 0.244 e. The minimum atomic E-state index is 0.491. The third-order valence-corrected chi connectivity index (χ3v) is 3.39. The Morgan fingerprint density at radius 1 is 1.32 bits per heavy atom. The van der Waals surface area contributed by atoms with Crippen LogP contribution in [-0.4, -0.2) is 40.9 Å². The van der Waals surface area contributed by atoms with Crippen LogP contribution in [0.4, 0.5) is 5.95 Å². The number of H-pyrrole nitrogens is 1. The molecule has 1 aromatic carbocycles. The number of aromatic nitrogens is 3. The van der Waals surface area contributed by atoms with Crippen LogP contribution in [0.3, 0.4) is 0 Å². The highest BCUT2D eigenvalue weighted by atomic mass is 15.4. The summed E-state index contributed by atoms with van der Waals surface area (Å²) in [6, 6.07) is 10.8. The Hall–Kier alpha value is -1.88. The molecular formula is C14H19N5. The number of nitrogens with one attached hydrogen (secondary N) is 2. The van der Waals surface area contributed by atoms with E-state index in [-0.39, 0.29) is 0 Å². The average Bonchev–Trinajstić information content (AvgIpc) is 2.88. The molecule has 100 valence electrons. The van der Waals surface area contributed by atoms with Crippen molar-refractivity contribution in [3.63, 3.8) is 0 Å². The maximum atomic E-state index is 4.60. The van der Waals surface area contributed by atoms with E-state index in [0.717, 1.165) is 37.8 Å². The number of hydrogen-bond donors (Lipinski definition) is 2. The van der Waals surface area contributed by atoms with Crippen LogP contribution in [0, 0.1) is 0 Å². The zero-order valence-corrected chi connectivity index (χ0v) is 11.1. The van der Waals surface area contributed by atoms with Crippen molar-refractivity contribution in [1.29, 1.82) is 0 Å². The summed E-state index contributed by atoms with van der Waals surface area (Å²) < 4.78 is 0. The van der Waals surface area contributed by atoms with Crippen molar-refractivity contribution in [2.45, 2.75) is 19.4 Å². The lowest BCUT2D eigenvalue weighted by molar-refractivity contribution is 0.480. The lowest BCUT2D eigenvalue weighted by Crippen LogP contribution is -2.49. The van der Waals surface area contributed by atoms with Crippen LogP contribution < -0.4 is 10.2 Å². The summed E-state index contributed by atoms with van der Waals surface area (Å²) in [5, 5.41) is 10.8. The normalized spacial score (nSPS) is 19.6. The molecule has 0 amide bonds. The fourth-order valence-electron chi connectivity index (χ4n) is 2.41. The van der Waals surface area contributed by atoms with Gasteiger partial charge in [-0.1, -0.05) is 30.3 Å². The van der Waals surface area contributed by atoms with Gasteiger partial charge in [-0.2, -0.15) is 4.98 Å². The van der Waals surface area contributed by atoms with Crippen LogP contribution in [-0.2, 0) is 6.42 Å². The van der Waals surface area contributed by atoms with Crippen molar-refractivity contribution >= 4 is 5.95 Å². The second kappa shape index (κ2) is 5.40. The van der Waals surface area contributed by atoms with Crippen molar-refractivity contribution < 1.29 is 0 Å². The molecule has 5 nitrogen and oxygen atoms in total. The van der Waals surface area contributed by atoms with Gasteiger partial charge in [-0.25, -0.2) is 0 Å². The van der Waals surface area contributed by atoms with Crippen LogP contribution in [0.15, 0.2) is 30.3 Å². The third kappa shape index (κ3) is 2.93. The molecule has 1 atom stereocenters. The number of hydrogen-bond acceptors (Lipinski definition) is 4. The van der Waals surface area contributed by atoms with Gasteiger partial charge in [0.25, 0.3) is 0 Å². The first-order valence-corrected chi connectivity index (χ1v) is 6.75. The van der Waals surface area contributed by atoms with Gasteiger partial charge in [0.15, 0.2) is 0 Å². The number of aromatic amines is 1. The van der Waals surface area contributed by atoms with E-state index in [4.69, 9.17) is 0 Å². The van der Waals surface area contributed by atoms with Gasteiger partial charge in [-0.15, -0.1) is 5.10 Å². The molecule has 0 spiro atoms. The molecular weight excluding hydrogens is 238 g/mol. The Labute approximate surface area is 113 Å². The fraction of sp³-hybridized carbons (Fsp3) is 0.429. The topological polar surface area (TPSA) is 56.8 Å². The standard InChI is InChI=1S/C14H19N5/c1-11-10-19(8-7-15-11)14-16-13(17-18-14)9-12-5-3-2-4-6-12/h2-6,11,15H,7-10H2,1H3,(H,16,17,18)/t11-/m1/s1. The molecule has 2 N–H and O–H groups in total. The van der Waals surface area contributed by atoms with Gasteiger partial charge in [0.2, 0.25) is 5.95 Å². The zero-order valence-electron chi connectivity index (χ0n) is 11.1. The Morgan fingerprint density at radius 2 is 2.16 bits per heavy atom. The first kappa shape index (κ1) is 12.2. The number of anilines is 1. The molecule has 3 rings (SSSR count). The third-order valence-electron chi connectivity index (χ3n) is 3.39. The molecule has 0 unspecified atom stereocenters. The molecule has 19 heavy (non-hydrogen) atoms. The van der Waals surface area contributed by atoms with Crippen LogP contribution in [0.1, 0.15) is 18.3 Å². The fourth-order valence-corrected chi connectivity index (χ4v) is 2.41. The van der Waals surface area contributed by atoms with E-state index < -0.39 is 0 Å². The van der Waals surface area contributed by atoms with Gasteiger partial charge in [0.1, 0.15) is 5.82 Å². The van der Waals surface area contributed by atoms with E-state index in [1.165, 1.54) is 5.56 Å². The monoisotopic (exact) mass is 257 g/mol. The molecule has 2 aromatic rings. The Morgan fingerprint density at radius 3 is 2.95 bits per heavy atom. The van der Waals surface area contributed by atoms with E-state index in [1.807, 2.05) is 18.2 Å². The summed E-state index contributed by atoms with van der Waals surface area (Å²) in [5.74, 6) is 1.74. The lowest BCUT2D eigenvalue weighted by Gasteiger charge is -2.30.